The fourth-order valence-electron chi connectivity index (χ4n) is 2.87. The molecule has 0 saturated carbocycles. The summed E-state index contributed by atoms with van der Waals surface area (Å²) in [4.78, 5) is 8.21. The second-order valence-corrected chi connectivity index (χ2v) is 5.07. The zero-order chi connectivity index (χ0) is 13.8. The van der Waals surface area contributed by atoms with Gasteiger partial charge in [-0.3, -0.25) is 0 Å². The van der Waals surface area contributed by atoms with Crippen LogP contribution in [0.3, 0.4) is 0 Å². The van der Waals surface area contributed by atoms with E-state index in [1.165, 1.54) is 0 Å². The summed E-state index contributed by atoms with van der Waals surface area (Å²) in [6.45, 7) is 0. The Balaban J connectivity index is 2.04. The van der Waals surface area contributed by atoms with Crippen molar-refractivity contribution in [1.82, 2.24) is 20.4 Å². The standard InChI is InChI=1S/C16H9N5/c1-2-4-12-11(3-1)17-13-7-5-10-9(15(13)18-12)6-8-14-16(10)20-21-19-14/h1-8H,(H,19,20,21)/p+1. The van der Waals surface area contributed by atoms with E-state index >= 15 is 0 Å². The molecule has 2 heterocycles. The van der Waals surface area contributed by atoms with Gasteiger partial charge in [-0.2, -0.15) is 15.4 Å². The van der Waals surface area contributed by atoms with Crippen LogP contribution in [0, 0.1) is 0 Å². The van der Waals surface area contributed by atoms with Crippen molar-refractivity contribution in [3.8, 4) is 0 Å². The van der Waals surface area contributed by atoms with Gasteiger partial charge in [-0.15, -0.1) is 0 Å². The zero-order valence-electron chi connectivity index (χ0n) is 11.0. The van der Waals surface area contributed by atoms with E-state index in [0.29, 0.717) is 0 Å². The Bertz CT molecular complexity index is 1140. The van der Waals surface area contributed by atoms with E-state index in [9.17, 15) is 0 Å². The first kappa shape index (κ1) is 10.7. The number of aromatic amines is 2. The first-order valence-corrected chi connectivity index (χ1v) is 6.74. The number of fused-ring (bicyclic) bond motifs is 6. The van der Waals surface area contributed by atoms with Crippen LogP contribution in [0.15, 0.2) is 48.5 Å². The minimum absolute atomic E-state index is 0.871. The van der Waals surface area contributed by atoms with Gasteiger partial charge in [0.2, 0.25) is 11.0 Å². The maximum Gasteiger partial charge on any atom is 0.237 e. The quantitative estimate of drug-likeness (QED) is 0.348. The molecule has 0 aliphatic rings. The molecular weight excluding hydrogens is 262 g/mol. The van der Waals surface area contributed by atoms with Gasteiger partial charge in [0.25, 0.3) is 0 Å². The molecule has 2 N–H and O–H groups in total. The smallest absolute Gasteiger partial charge is 0.235 e. The van der Waals surface area contributed by atoms with Crippen LogP contribution in [0.4, 0.5) is 0 Å². The summed E-state index contributed by atoms with van der Waals surface area (Å²) in [6.07, 6.45) is 0. The van der Waals surface area contributed by atoms with E-state index in [4.69, 9.17) is 4.98 Å². The van der Waals surface area contributed by atoms with E-state index < -0.39 is 0 Å². The van der Waals surface area contributed by atoms with Crippen molar-refractivity contribution in [1.29, 1.82) is 0 Å². The van der Waals surface area contributed by atoms with Crippen LogP contribution in [0.1, 0.15) is 0 Å². The first-order valence-electron chi connectivity index (χ1n) is 6.74. The molecule has 0 saturated heterocycles. The van der Waals surface area contributed by atoms with Crippen molar-refractivity contribution >= 4 is 43.9 Å². The molecule has 0 aliphatic carbocycles. The van der Waals surface area contributed by atoms with Crippen LogP contribution >= 0.6 is 0 Å². The lowest BCUT2D eigenvalue weighted by molar-refractivity contribution is -0.309. The lowest BCUT2D eigenvalue weighted by atomic mass is 10.1. The molecule has 21 heavy (non-hydrogen) atoms. The average molecular weight is 272 g/mol. The van der Waals surface area contributed by atoms with Crippen molar-refractivity contribution in [3.05, 3.63) is 48.5 Å². The second kappa shape index (κ2) is 3.73. The van der Waals surface area contributed by atoms with Crippen molar-refractivity contribution < 1.29 is 4.98 Å². The Morgan fingerprint density at radius 2 is 1.62 bits per heavy atom. The minimum Gasteiger partial charge on any atom is -0.235 e. The molecule has 5 nitrogen and oxygen atoms in total. The summed E-state index contributed by atoms with van der Waals surface area (Å²) in [5.41, 5.74) is 5.72. The van der Waals surface area contributed by atoms with Gasteiger partial charge in [-0.25, -0.2) is 9.97 Å². The molecule has 0 aliphatic heterocycles. The van der Waals surface area contributed by atoms with Gasteiger partial charge in [-0.05, 0) is 30.3 Å². The summed E-state index contributed by atoms with van der Waals surface area (Å²) in [5.74, 6) is 0. The van der Waals surface area contributed by atoms with Crippen molar-refractivity contribution in [2.24, 2.45) is 0 Å². The summed E-state index contributed by atoms with van der Waals surface area (Å²) >= 11 is 0. The normalized spacial score (nSPS) is 11.8. The van der Waals surface area contributed by atoms with Gasteiger partial charge in [0.05, 0.1) is 5.39 Å². The third kappa shape index (κ3) is 1.40. The number of benzene rings is 3. The van der Waals surface area contributed by atoms with Gasteiger partial charge in [0.15, 0.2) is 0 Å². The number of hydrogen-bond acceptors (Lipinski definition) is 3. The molecule has 0 radical (unpaired) electrons. The highest BCUT2D eigenvalue weighted by Gasteiger charge is 2.13. The Hall–Kier alpha value is -3.08. The topological polar surface area (TPSA) is 68.6 Å². The number of rotatable bonds is 0. The Morgan fingerprint density at radius 3 is 2.62 bits per heavy atom. The summed E-state index contributed by atoms with van der Waals surface area (Å²) in [5, 5.41) is 13.2. The summed E-state index contributed by atoms with van der Waals surface area (Å²) < 4.78 is 0. The van der Waals surface area contributed by atoms with Gasteiger partial charge in [0.1, 0.15) is 22.1 Å². The first-order chi connectivity index (χ1) is 10.4. The molecule has 5 rings (SSSR count). The zero-order valence-corrected chi connectivity index (χ0v) is 11.0. The van der Waals surface area contributed by atoms with Crippen LogP contribution in [0.2, 0.25) is 0 Å². The lowest BCUT2D eigenvalue weighted by Gasteiger charge is -2.00. The predicted octanol–water partition coefficient (Wildman–Crippen LogP) is 2.63. The van der Waals surface area contributed by atoms with Crippen molar-refractivity contribution in [3.63, 3.8) is 0 Å². The number of nitrogens with zero attached hydrogens (tertiary/aromatic N) is 3. The molecule has 2 aromatic heterocycles. The van der Waals surface area contributed by atoms with Crippen molar-refractivity contribution in [2.45, 2.75) is 0 Å². The minimum atomic E-state index is 0.871. The highest BCUT2D eigenvalue weighted by molar-refractivity contribution is 6.12. The molecule has 0 atom stereocenters. The Kier molecular flexibility index (Phi) is 1.90. The average Bonchev–Trinajstić information content (AvgIpc) is 3.01. The number of nitrogens with one attached hydrogen (secondary N) is 2. The molecule has 98 valence electrons. The van der Waals surface area contributed by atoms with Gasteiger partial charge < -0.3 is 0 Å². The monoisotopic (exact) mass is 272 g/mol. The summed E-state index contributed by atoms with van der Waals surface area (Å²) in [7, 11) is 0. The fraction of sp³-hybridized carbons (Fsp3) is 0. The van der Waals surface area contributed by atoms with Crippen LogP contribution < -0.4 is 4.98 Å². The van der Waals surface area contributed by atoms with Crippen molar-refractivity contribution in [2.75, 3.05) is 0 Å². The fourth-order valence-corrected chi connectivity index (χ4v) is 2.87. The third-order valence-corrected chi connectivity index (χ3v) is 3.87. The number of para-hydroxylation sites is 2. The molecule has 0 unspecified atom stereocenters. The van der Waals surface area contributed by atoms with Gasteiger partial charge in [0, 0.05) is 11.5 Å². The van der Waals surface area contributed by atoms with E-state index in [0.717, 1.165) is 43.9 Å². The SMILES string of the molecule is c1ccc2[nH+]c3c(ccc4c3ccc3n[nH]nc34)nc2c1. The molecular formula is C16H10N5+. The van der Waals surface area contributed by atoms with E-state index in [1.54, 1.807) is 0 Å². The number of hydrogen-bond donors (Lipinski definition) is 1. The highest BCUT2D eigenvalue weighted by atomic mass is 15.3. The van der Waals surface area contributed by atoms with Gasteiger partial charge in [-0.1, -0.05) is 12.1 Å². The van der Waals surface area contributed by atoms with E-state index in [1.807, 2.05) is 36.4 Å². The summed E-state index contributed by atoms with van der Waals surface area (Å²) in [6, 6.07) is 16.2. The molecule has 3 aromatic carbocycles. The molecule has 0 bridgehead atoms. The number of aromatic nitrogens is 5. The Morgan fingerprint density at radius 1 is 0.762 bits per heavy atom. The van der Waals surface area contributed by atoms with Crippen LogP contribution in [0.5, 0.6) is 0 Å². The van der Waals surface area contributed by atoms with Crippen LogP contribution in [-0.4, -0.2) is 20.4 Å². The lowest BCUT2D eigenvalue weighted by Crippen LogP contribution is -2.07. The molecule has 0 amide bonds. The third-order valence-electron chi connectivity index (χ3n) is 3.87. The maximum absolute atomic E-state index is 4.72. The largest absolute Gasteiger partial charge is 0.237 e. The maximum atomic E-state index is 4.72. The molecule has 0 fully saturated rings. The van der Waals surface area contributed by atoms with Crippen LogP contribution in [0.25, 0.3) is 43.9 Å². The van der Waals surface area contributed by atoms with E-state index in [-0.39, 0.29) is 0 Å². The van der Waals surface area contributed by atoms with Crippen LogP contribution in [-0.2, 0) is 0 Å². The molecule has 5 heteroatoms. The molecule has 5 aromatic rings. The van der Waals surface area contributed by atoms with Gasteiger partial charge >= 0.3 is 0 Å². The predicted molar refractivity (Wildman–Crippen MR) is 80.8 cm³/mol. The highest BCUT2D eigenvalue weighted by Crippen LogP contribution is 2.27. The Labute approximate surface area is 118 Å². The molecule has 0 spiro atoms. The number of H-pyrrole nitrogens is 2. The van der Waals surface area contributed by atoms with E-state index in [2.05, 4.69) is 32.5 Å². The second-order valence-electron chi connectivity index (χ2n) is 5.07.